The van der Waals surface area contributed by atoms with Gasteiger partial charge in [0.25, 0.3) is 5.91 Å². The Kier molecular flexibility index (Phi) is 9.54. The number of amides is 2. The van der Waals surface area contributed by atoms with Gasteiger partial charge in [-0.05, 0) is 36.9 Å². The molecular formula is C29H37N7O4S2. The van der Waals surface area contributed by atoms with Gasteiger partial charge in [0, 0.05) is 51.4 Å². The normalized spacial score (nSPS) is 20.4. The van der Waals surface area contributed by atoms with Crippen LogP contribution in [-0.4, -0.2) is 101 Å². The van der Waals surface area contributed by atoms with E-state index >= 15 is 0 Å². The molecule has 2 aromatic heterocycles. The van der Waals surface area contributed by atoms with Gasteiger partial charge < -0.3 is 25.4 Å². The standard InChI is InChI=1S/C29H37N7O4S2/c37-24(7-9-35-10-12-40-13-11-35)31-14-19-3-5-20(6-4-19)23-15-32-27(41-23)21-17-36(18-21)29(39)28-33-16-25(42-28)34-26(38)22-2-1-8-30-22/h3-6,15-16,21-22,24,30-31,37H,1-2,7-14,17-18H2,(H,34,38)/t22-,24?/m0/s1. The van der Waals surface area contributed by atoms with Crippen LogP contribution >= 0.6 is 22.7 Å². The van der Waals surface area contributed by atoms with E-state index in [0.29, 0.717) is 36.1 Å². The van der Waals surface area contributed by atoms with E-state index in [0.717, 1.165) is 73.2 Å². The molecule has 0 spiro atoms. The number of rotatable bonds is 11. The lowest BCUT2D eigenvalue weighted by Gasteiger charge is -2.37. The van der Waals surface area contributed by atoms with Crippen LogP contribution < -0.4 is 16.0 Å². The van der Waals surface area contributed by atoms with Gasteiger partial charge in [0.05, 0.1) is 35.3 Å². The number of carbonyl (C=O) groups is 2. The molecule has 1 unspecified atom stereocenters. The monoisotopic (exact) mass is 611 g/mol. The van der Waals surface area contributed by atoms with Crippen molar-refractivity contribution >= 4 is 39.5 Å². The maximum absolute atomic E-state index is 12.9. The Labute approximate surface area is 253 Å². The van der Waals surface area contributed by atoms with E-state index in [1.807, 2.05) is 6.20 Å². The zero-order chi connectivity index (χ0) is 28.9. The van der Waals surface area contributed by atoms with E-state index in [1.165, 1.54) is 11.3 Å². The molecule has 3 fully saturated rings. The molecule has 2 atom stereocenters. The summed E-state index contributed by atoms with van der Waals surface area (Å²) in [6.45, 7) is 6.94. The van der Waals surface area contributed by atoms with Gasteiger partial charge in [0.15, 0.2) is 5.01 Å². The summed E-state index contributed by atoms with van der Waals surface area (Å²) in [4.78, 5) is 39.4. The predicted molar refractivity (Wildman–Crippen MR) is 163 cm³/mol. The number of aliphatic hydroxyl groups excluding tert-OH is 1. The fourth-order valence-electron chi connectivity index (χ4n) is 5.35. The summed E-state index contributed by atoms with van der Waals surface area (Å²) in [5.74, 6) is 0.0320. The number of morpholine rings is 1. The highest BCUT2D eigenvalue weighted by atomic mass is 32.1. The fraction of sp³-hybridized carbons (Fsp3) is 0.517. The number of nitrogens with one attached hydrogen (secondary N) is 3. The SMILES string of the molecule is O=C(Nc1cnc(C(=O)N2CC(c3ncc(-c4ccc(CNC(O)CCN5CCOCC5)cc4)s3)C2)s1)[C@@H]1CCCN1. The number of nitrogens with zero attached hydrogens (tertiary/aromatic N) is 4. The van der Waals surface area contributed by atoms with E-state index in [9.17, 15) is 14.7 Å². The van der Waals surface area contributed by atoms with Crippen molar-refractivity contribution in [2.45, 2.75) is 44.0 Å². The molecule has 0 saturated carbocycles. The third kappa shape index (κ3) is 7.22. The number of likely N-dealkylation sites (tertiary alicyclic amines) is 1. The van der Waals surface area contributed by atoms with Gasteiger partial charge in [0.2, 0.25) is 5.91 Å². The molecule has 3 aliphatic heterocycles. The summed E-state index contributed by atoms with van der Waals surface area (Å²) in [6, 6.07) is 8.17. The number of carbonyl (C=O) groups excluding carboxylic acids is 2. The van der Waals surface area contributed by atoms with Gasteiger partial charge in [0.1, 0.15) is 11.2 Å². The molecule has 42 heavy (non-hydrogen) atoms. The number of aromatic nitrogens is 2. The topological polar surface area (TPSA) is 132 Å². The Morgan fingerprint density at radius 1 is 1.12 bits per heavy atom. The zero-order valence-electron chi connectivity index (χ0n) is 23.5. The minimum atomic E-state index is -0.539. The predicted octanol–water partition coefficient (Wildman–Crippen LogP) is 2.33. The van der Waals surface area contributed by atoms with Crippen LogP contribution in [0.2, 0.25) is 0 Å². The summed E-state index contributed by atoms with van der Waals surface area (Å²) in [5, 5.41) is 21.6. The number of thiazole rings is 2. The minimum Gasteiger partial charge on any atom is -0.379 e. The second kappa shape index (κ2) is 13.7. The van der Waals surface area contributed by atoms with Crippen LogP contribution in [0.4, 0.5) is 5.00 Å². The molecule has 0 radical (unpaired) electrons. The maximum Gasteiger partial charge on any atom is 0.282 e. The summed E-state index contributed by atoms with van der Waals surface area (Å²) in [7, 11) is 0. The Morgan fingerprint density at radius 2 is 1.93 bits per heavy atom. The average Bonchev–Trinajstić information content (AvgIpc) is 3.78. The molecule has 0 bridgehead atoms. The van der Waals surface area contributed by atoms with Crippen molar-refractivity contribution < 1.29 is 19.4 Å². The highest BCUT2D eigenvalue weighted by Gasteiger charge is 2.35. The Bertz CT molecular complexity index is 1350. The molecule has 2 amide bonds. The first-order valence-corrected chi connectivity index (χ1v) is 16.2. The van der Waals surface area contributed by atoms with Crippen LogP contribution in [0.15, 0.2) is 36.7 Å². The smallest absolute Gasteiger partial charge is 0.282 e. The first-order valence-electron chi connectivity index (χ1n) is 14.6. The lowest BCUT2D eigenvalue weighted by molar-refractivity contribution is -0.117. The van der Waals surface area contributed by atoms with Crippen LogP contribution in [0.5, 0.6) is 0 Å². The largest absolute Gasteiger partial charge is 0.379 e. The molecule has 4 N–H and O–H groups in total. The van der Waals surface area contributed by atoms with Gasteiger partial charge in [-0.3, -0.25) is 19.8 Å². The fourth-order valence-corrected chi connectivity index (χ4v) is 7.14. The number of aliphatic hydroxyl groups is 1. The lowest BCUT2D eigenvalue weighted by Crippen LogP contribution is -2.48. The first-order chi connectivity index (χ1) is 20.5. The summed E-state index contributed by atoms with van der Waals surface area (Å²) < 4.78 is 5.37. The van der Waals surface area contributed by atoms with Gasteiger partial charge in [-0.2, -0.15) is 0 Å². The van der Waals surface area contributed by atoms with Crippen LogP contribution in [0, 0.1) is 0 Å². The van der Waals surface area contributed by atoms with E-state index in [2.05, 4.69) is 55.1 Å². The molecule has 11 nitrogen and oxygen atoms in total. The van der Waals surface area contributed by atoms with E-state index in [4.69, 9.17) is 4.74 Å². The number of hydrogen-bond acceptors (Lipinski definition) is 11. The minimum absolute atomic E-state index is 0.0704. The van der Waals surface area contributed by atoms with Gasteiger partial charge in [-0.15, -0.1) is 11.3 Å². The number of ether oxygens (including phenoxy) is 1. The second-order valence-electron chi connectivity index (χ2n) is 11.0. The third-order valence-electron chi connectivity index (χ3n) is 7.96. The molecule has 3 aromatic rings. The van der Waals surface area contributed by atoms with Crippen LogP contribution in [-0.2, 0) is 16.1 Å². The maximum atomic E-state index is 12.9. The van der Waals surface area contributed by atoms with E-state index in [-0.39, 0.29) is 23.8 Å². The molecule has 1 aromatic carbocycles. The van der Waals surface area contributed by atoms with Crippen LogP contribution in [0.3, 0.4) is 0 Å². The van der Waals surface area contributed by atoms with Crippen molar-refractivity contribution in [3.05, 3.63) is 52.2 Å². The van der Waals surface area contributed by atoms with E-state index in [1.54, 1.807) is 22.4 Å². The van der Waals surface area contributed by atoms with Crippen molar-refractivity contribution in [2.75, 3.05) is 57.8 Å². The number of hydrogen-bond donors (Lipinski definition) is 4. The molecule has 3 saturated heterocycles. The quantitative estimate of drug-likeness (QED) is 0.241. The first kappa shape index (κ1) is 29.3. The Hall–Kier alpha value is -2.78. The average molecular weight is 612 g/mol. The van der Waals surface area contributed by atoms with Gasteiger partial charge >= 0.3 is 0 Å². The van der Waals surface area contributed by atoms with Crippen LogP contribution in [0.25, 0.3) is 10.4 Å². The second-order valence-corrected chi connectivity index (χ2v) is 13.1. The van der Waals surface area contributed by atoms with Gasteiger partial charge in [-0.25, -0.2) is 9.97 Å². The van der Waals surface area contributed by atoms with Gasteiger partial charge in [-0.1, -0.05) is 35.6 Å². The summed E-state index contributed by atoms with van der Waals surface area (Å²) in [6.07, 6.45) is 5.44. The van der Waals surface area contributed by atoms with Crippen molar-refractivity contribution in [2.24, 2.45) is 0 Å². The number of anilines is 1. The highest BCUT2D eigenvalue weighted by Crippen LogP contribution is 2.35. The molecule has 13 heteroatoms. The number of benzene rings is 1. The summed E-state index contributed by atoms with van der Waals surface area (Å²) in [5.41, 5.74) is 2.22. The van der Waals surface area contributed by atoms with Crippen molar-refractivity contribution in [1.29, 1.82) is 0 Å². The Balaban J connectivity index is 0.942. The highest BCUT2D eigenvalue weighted by molar-refractivity contribution is 7.17. The molecule has 5 heterocycles. The lowest BCUT2D eigenvalue weighted by atomic mass is 10.0. The van der Waals surface area contributed by atoms with Crippen molar-refractivity contribution in [3.8, 4) is 10.4 Å². The van der Waals surface area contributed by atoms with Crippen LogP contribution in [0.1, 0.15) is 45.6 Å². The molecular weight excluding hydrogens is 574 g/mol. The van der Waals surface area contributed by atoms with E-state index < -0.39 is 6.23 Å². The third-order valence-corrected chi connectivity index (χ3v) is 10.1. The zero-order valence-corrected chi connectivity index (χ0v) is 25.1. The van der Waals surface area contributed by atoms with Crippen molar-refractivity contribution in [3.63, 3.8) is 0 Å². The molecule has 224 valence electrons. The van der Waals surface area contributed by atoms with Crippen molar-refractivity contribution in [1.82, 2.24) is 30.4 Å². The Morgan fingerprint density at radius 3 is 2.69 bits per heavy atom. The summed E-state index contributed by atoms with van der Waals surface area (Å²) >= 11 is 2.88. The molecule has 6 rings (SSSR count). The molecule has 3 aliphatic rings. The molecule has 0 aliphatic carbocycles.